The van der Waals surface area contributed by atoms with Crippen molar-refractivity contribution in [1.29, 1.82) is 0 Å². The van der Waals surface area contributed by atoms with Crippen LogP contribution >= 0.6 is 0 Å². The molecule has 0 fully saturated rings. The predicted octanol–water partition coefficient (Wildman–Crippen LogP) is 4.80. The second kappa shape index (κ2) is 11.4. The van der Waals surface area contributed by atoms with E-state index < -0.39 is 0 Å². The fourth-order valence-electron chi connectivity index (χ4n) is 3.98. The average molecular weight is 474 g/mol. The first-order chi connectivity index (χ1) is 17.1. The highest BCUT2D eigenvalue weighted by Gasteiger charge is 2.13. The minimum absolute atomic E-state index is 0.147. The number of hydrogen-bond acceptors (Lipinski definition) is 5. The highest BCUT2D eigenvalue weighted by Crippen LogP contribution is 2.27. The number of carbonyl (C=O) groups excluding carboxylic acids is 1. The Morgan fingerprint density at radius 1 is 0.971 bits per heavy atom. The standard InChI is InChI=1S/C28H31N3O4/c1-20-10-13-22(14-11-20)35-18-17-31-24-8-5-4-7-23(24)30-27(31)9-6-16-29-28(32)21-12-15-25(33-2)26(19-21)34-3/h4-5,7-8,10-15,19H,6,9,16-18H2,1-3H3,(H,29,32). The third-order valence-corrected chi connectivity index (χ3v) is 5.85. The van der Waals surface area contributed by atoms with Crippen molar-refractivity contribution in [1.82, 2.24) is 14.9 Å². The number of amides is 1. The third-order valence-electron chi connectivity index (χ3n) is 5.85. The molecule has 0 radical (unpaired) electrons. The van der Waals surface area contributed by atoms with Crippen LogP contribution in [-0.4, -0.2) is 42.8 Å². The summed E-state index contributed by atoms with van der Waals surface area (Å²) in [7, 11) is 3.12. The van der Waals surface area contributed by atoms with Gasteiger partial charge in [0.05, 0.1) is 31.8 Å². The zero-order valence-corrected chi connectivity index (χ0v) is 20.4. The van der Waals surface area contributed by atoms with E-state index in [1.165, 1.54) is 5.56 Å². The number of carbonyl (C=O) groups is 1. The van der Waals surface area contributed by atoms with Crippen LogP contribution in [-0.2, 0) is 13.0 Å². The highest BCUT2D eigenvalue weighted by molar-refractivity contribution is 5.94. The fraction of sp³-hybridized carbons (Fsp3) is 0.286. The zero-order chi connectivity index (χ0) is 24.6. The molecule has 0 atom stereocenters. The van der Waals surface area contributed by atoms with Gasteiger partial charge in [0.15, 0.2) is 11.5 Å². The number of aromatic nitrogens is 2. The molecule has 0 aliphatic rings. The van der Waals surface area contributed by atoms with Crippen LogP contribution in [0.15, 0.2) is 66.7 Å². The number of imidazole rings is 1. The van der Waals surface area contributed by atoms with E-state index in [0.717, 1.165) is 35.4 Å². The number of benzene rings is 3. The topological polar surface area (TPSA) is 74.6 Å². The van der Waals surface area contributed by atoms with Crippen molar-refractivity contribution in [2.75, 3.05) is 27.4 Å². The van der Waals surface area contributed by atoms with E-state index in [9.17, 15) is 4.79 Å². The Hall–Kier alpha value is -4.00. The van der Waals surface area contributed by atoms with Crippen LogP contribution in [0.1, 0.15) is 28.2 Å². The molecule has 3 aromatic carbocycles. The molecular formula is C28H31N3O4. The van der Waals surface area contributed by atoms with Crippen LogP contribution in [0.2, 0.25) is 0 Å². The first-order valence-corrected chi connectivity index (χ1v) is 11.7. The summed E-state index contributed by atoms with van der Waals surface area (Å²) in [6.45, 7) is 3.84. The lowest BCUT2D eigenvalue weighted by Gasteiger charge is -2.12. The molecule has 1 heterocycles. The Kier molecular flexibility index (Phi) is 7.88. The first kappa shape index (κ1) is 24.1. The van der Waals surface area contributed by atoms with E-state index in [1.807, 2.05) is 42.5 Å². The quantitative estimate of drug-likeness (QED) is 0.317. The van der Waals surface area contributed by atoms with Crippen LogP contribution < -0.4 is 19.5 Å². The van der Waals surface area contributed by atoms with Gasteiger partial charge in [0, 0.05) is 18.5 Å². The lowest BCUT2D eigenvalue weighted by molar-refractivity contribution is 0.0952. The van der Waals surface area contributed by atoms with E-state index in [2.05, 4.69) is 22.9 Å². The normalized spacial score (nSPS) is 10.8. The number of nitrogens with zero attached hydrogens (tertiary/aromatic N) is 2. The number of para-hydroxylation sites is 2. The van der Waals surface area contributed by atoms with Gasteiger partial charge in [0.2, 0.25) is 0 Å². The molecule has 0 saturated carbocycles. The summed E-state index contributed by atoms with van der Waals surface area (Å²) in [5, 5.41) is 2.98. The van der Waals surface area contributed by atoms with Crippen molar-refractivity contribution in [2.45, 2.75) is 26.3 Å². The Labute approximate surface area is 205 Å². The fourth-order valence-corrected chi connectivity index (χ4v) is 3.98. The van der Waals surface area contributed by atoms with Crippen molar-refractivity contribution in [3.05, 3.63) is 83.7 Å². The van der Waals surface area contributed by atoms with Gasteiger partial charge in [0.25, 0.3) is 5.91 Å². The number of rotatable bonds is 11. The lowest BCUT2D eigenvalue weighted by Crippen LogP contribution is -2.25. The average Bonchev–Trinajstić information content (AvgIpc) is 3.24. The first-order valence-electron chi connectivity index (χ1n) is 11.7. The van der Waals surface area contributed by atoms with Crippen LogP contribution in [0.25, 0.3) is 11.0 Å². The Morgan fingerprint density at radius 2 is 1.74 bits per heavy atom. The Morgan fingerprint density at radius 3 is 2.51 bits per heavy atom. The molecule has 7 heteroatoms. The van der Waals surface area contributed by atoms with Gasteiger partial charge in [-0.2, -0.15) is 0 Å². The monoisotopic (exact) mass is 473 g/mol. The van der Waals surface area contributed by atoms with Gasteiger partial charge in [-0.15, -0.1) is 0 Å². The lowest BCUT2D eigenvalue weighted by atomic mass is 10.2. The van der Waals surface area contributed by atoms with E-state index in [4.69, 9.17) is 19.2 Å². The molecule has 1 amide bonds. The second-order valence-corrected chi connectivity index (χ2v) is 8.26. The number of hydrogen-bond donors (Lipinski definition) is 1. The van der Waals surface area contributed by atoms with E-state index in [0.29, 0.717) is 36.8 Å². The van der Waals surface area contributed by atoms with E-state index in [1.54, 1.807) is 32.4 Å². The summed E-state index contributed by atoms with van der Waals surface area (Å²) in [6, 6.07) is 21.3. The summed E-state index contributed by atoms with van der Waals surface area (Å²) in [5.74, 6) is 2.82. The van der Waals surface area contributed by atoms with Crippen molar-refractivity contribution in [3.63, 3.8) is 0 Å². The van der Waals surface area contributed by atoms with Crippen LogP contribution in [0.5, 0.6) is 17.2 Å². The molecule has 7 nitrogen and oxygen atoms in total. The molecule has 1 aromatic heterocycles. The van der Waals surface area contributed by atoms with E-state index >= 15 is 0 Å². The third kappa shape index (κ3) is 5.93. The van der Waals surface area contributed by atoms with Crippen LogP contribution in [0.4, 0.5) is 0 Å². The number of aryl methyl sites for hydroxylation is 2. The SMILES string of the molecule is COc1ccc(C(=O)NCCCc2nc3ccccc3n2CCOc2ccc(C)cc2)cc1OC. The summed E-state index contributed by atoms with van der Waals surface area (Å²) in [4.78, 5) is 17.4. The molecule has 182 valence electrons. The number of ether oxygens (including phenoxy) is 3. The van der Waals surface area contributed by atoms with Crippen molar-refractivity contribution >= 4 is 16.9 Å². The maximum absolute atomic E-state index is 12.6. The largest absolute Gasteiger partial charge is 0.493 e. The van der Waals surface area contributed by atoms with Crippen molar-refractivity contribution in [3.8, 4) is 17.2 Å². The molecule has 0 saturated heterocycles. The maximum Gasteiger partial charge on any atom is 0.251 e. The molecule has 4 aromatic rings. The van der Waals surface area contributed by atoms with Crippen LogP contribution in [0.3, 0.4) is 0 Å². The highest BCUT2D eigenvalue weighted by atomic mass is 16.5. The van der Waals surface area contributed by atoms with Gasteiger partial charge in [-0.1, -0.05) is 29.8 Å². The minimum Gasteiger partial charge on any atom is -0.493 e. The Bertz CT molecular complexity index is 1280. The molecule has 0 bridgehead atoms. The predicted molar refractivity (Wildman–Crippen MR) is 137 cm³/mol. The summed E-state index contributed by atoms with van der Waals surface area (Å²) in [5.41, 5.74) is 3.79. The number of nitrogens with one attached hydrogen (secondary N) is 1. The molecule has 35 heavy (non-hydrogen) atoms. The minimum atomic E-state index is -0.147. The van der Waals surface area contributed by atoms with Gasteiger partial charge >= 0.3 is 0 Å². The van der Waals surface area contributed by atoms with Gasteiger partial charge in [0.1, 0.15) is 18.2 Å². The molecular weight excluding hydrogens is 442 g/mol. The zero-order valence-electron chi connectivity index (χ0n) is 20.4. The summed E-state index contributed by atoms with van der Waals surface area (Å²) < 4.78 is 18.7. The molecule has 0 spiro atoms. The molecule has 1 N–H and O–H groups in total. The van der Waals surface area contributed by atoms with Crippen molar-refractivity contribution in [2.24, 2.45) is 0 Å². The molecule has 0 aliphatic carbocycles. The smallest absolute Gasteiger partial charge is 0.251 e. The van der Waals surface area contributed by atoms with E-state index in [-0.39, 0.29) is 5.91 Å². The van der Waals surface area contributed by atoms with Crippen molar-refractivity contribution < 1.29 is 19.0 Å². The van der Waals surface area contributed by atoms with Gasteiger partial charge in [-0.05, 0) is 55.8 Å². The second-order valence-electron chi connectivity index (χ2n) is 8.26. The number of fused-ring (bicyclic) bond motifs is 1. The van der Waals surface area contributed by atoms with Gasteiger partial charge < -0.3 is 24.1 Å². The number of methoxy groups -OCH3 is 2. The molecule has 0 aliphatic heterocycles. The van der Waals surface area contributed by atoms with Gasteiger partial charge in [-0.3, -0.25) is 4.79 Å². The summed E-state index contributed by atoms with van der Waals surface area (Å²) >= 11 is 0. The van der Waals surface area contributed by atoms with Gasteiger partial charge in [-0.25, -0.2) is 4.98 Å². The molecule has 0 unspecified atom stereocenters. The Balaban J connectivity index is 1.35. The molecule has 4 rings (SSSR count). The van der Waals surface area contributed by atoms with Crippen LogP contribution in [0, 0.1) is 6.92 Å². The summed E-state index contributed by atoms with van der Waals surface area (Å²) in [6.07, 6.45) is 1.51. The maximum atomic E-state index is 12.6.